The van der Waals surface area contributed by atoms with Gasteiger partial charge in [-0.15, -0.1) is 0 Å². The Balaban J connectivity index is 2.17. The molecule has 2 rings (SSSR count). The Bertz CT molecular complexity index is 351. The van der Waals surface area contributed by atoms with Crippen LogP contribution in [0, 0.1) is 0 Å². The number of anilines is 1. The van der Waals surface area contributed by atoms with Crippen LogP contribution in [-0.2, 0) is 0 Å². The lowest BCUT2D eigenvalue weighted by Crippen LogP contribution is -2.43. The van der Waals surface area contributed by atoms with E-state index in [1.807, 2.05) is 11.0 Å². The van der Waals surface area contributed by atoms with Gasteiger partial charge in [0.05, 0.1) is 6.54 Å². The van der Waals surface area contributed by atoms with Crippen LogP contribution >= 0.6 is 0 Å². The second-order valence-electron chi connectivity index (χ2n) is 4.46. The Kier molecular flexibility index (Phi) is 2.55. The Labute approximate surface area is 89.3 Å². The first-order valence-electron chi connectivity index (χ1n) is 5.30. The first-order valence-corrected chi connectivity index (χ1v) is 5.30. The zero-order valence-electron chi connectivity index (χ0n) is 8.91. The molecule has 1 aliphatic rings. The van der Waals surface area contributed by atoms with Crippen LogP contribution in [0.3, 0.4) is 0 Å². The second kappa shape index (κ2) is 3.72. The number of rotatable bonds is 1. The number of piperidine rings is 1. The van der Waals surface area contributed by atoms with Crippen molar-refractivity contribution in [2.75, 3.05) is 18.0 Å². The van der Waals surface area contributed by atoms with Gasteiger partial charge in [-0.1, -0.05) is 6.07 Å². The molecule has 3 heteroatoms. The number of alkyl halides is 1. The highest BCUT2D eigenvalue weighted by Crippen LogP contribution is 2.29. The van der Waals surface area contributed by atoms with Crippen LogP contribution in [0.2, 0.25) is 0 Å². The highest BCUT2D eigenvalue weighted by atomic mass is 19.1. The summed E-state index contributed by atoms with van der Waals surface area (Å²) in [5, 5.41) is 9.35. The molecular weight excluding hydrogens is 193 g/mol. The molecule has 1 N–H and O–H groups in total. The average molecular weight is 209 g/mol. The summed E-state index contributed by atoms with van der Waals surface area (Å²) in [6.07, 6.45) is 1.49. The molecule has 1 atom stereocenters. The van der Waals surface area contributed by atoms with E-state index in [4.69, 9.17) is 0 Å². The summed E-state index contributed by atoms with van der Waals surface area (Å²) < 4.78 is 13.8. The molecule has 82 valence electrons. The van der Waals surface area contributed by atoms with Gasteiger partial charge in [0.1, 0.15) is 11.4 Å². The summed E-state index contributed by atoms with van der Waals surface area (Å²) in [6, 6.07) is 7.00. The van der Waals surface area contributed by atoms with Gasteiger partial charge in [-0.3, -0.25) is 0 Å². The molecule has 1 unspecified atom stereocenters. The molecule has 1 saturated heterocycles. The summed E-state index contributed by atoms with van der Waals surface area (Å²) in [4.78, 5) is 1.99. The molecule has 0 spiro atoms. The maximum atomic E-state index is 13.8. The lowest BCUT2D eigenvalue weighted by molar-refractivity contribution is 0.160. The van der Waals surface area contributed by atoms with Crippen molar-refractivity contribution in [2.45, 2.75) is 25.4 Å². The van der Waals surface area contributed by atoms with Crippen LogP contribution in [0.25, 0.3) is 0 Å². The minimum absolute atomic E-state index is 0.235. The van der Waals surface area contributed by atoms with Crippen LogP contribution in [0.1, 0.15) is 19.8 Å². The summed E-state index contributed by atoms with van der Waals surface area (Å²) in [7, 11) is 0. The molecule has 1 heterocycles. The highest BCUT2D eigenvalue weighted by molar-refractivity contribution is 5.51. The van der Waals surface area contributed by atoms with Gasteiger partial charge in [-0.25, -0.2) is 4.39 Å². The Morgan fingerprint density at radius 1 is 1.47 bits per heavy atom. The first-order chi connectivity index (χ1) is 7.07. The van der Waals surface area contributed by atoms with E-state index in [0.717, 1.165) is 18.7 Å². The number of hydrogen-bond donors (Lipinski definition) is 1. The predicted octanol–water partition coefficient (Wildman–Crippen LogP) is 2.72. The number of benzene rings is 1. The van der Waals surface area contributed by atoms with Crippen LogP contribution in [-0.4, -0.2) is 23.9 Å². The summed E-state index contributed by atoms with van der Waals surface area (Å²) in [5.41, 5.74) is -0.206. The van der Waals surface area contributed by atoms with Crippen LogP contribution in [0.4, 0.5) is 10.1 Å². The number of phenols is 1. The Morgan fingerprint density at radius 3 is 2.93 bits per heavy atom. The quantitative estimate of drug-likeness (QED) is 0.768. The summed E-state index contributed by atoms with van der Waals surface area (Å²) >= 11 is 0. The maximum Gasteiger partial charge on any atom is 0.125 e. The standard InChI is InChI=1S/C12H16FNO/c1-12(13)6-3-7-14(9-12)10-4-2-5-11(15)8-10/h2,4-5,8,15H,3,6-7,9H2,1H3. The van der Waals surface area contributed by atoms with Crippen LogP contribution < -0.4 is 4.90 Å². The molecular formula is C12H16FNO. The van der Waals surface area contributed by atoms with E-state index in [9.17, 15) is 9.50 Å². The third kappa shape index (κ3) is 2.41. The van der Waals surface area contributed by atoms with Gasteiger partial charge in [-0.2, -0.15) is 0 Å². The molecule has 1 aromatic carbocycles. The van der Waals surface area contributed by atoms with E-state index in [-0.39, 0.29) is 5.75 Å². The van der Waals surface area contributed by atoms with Crippen molar-refractivity contribution in [2.24, 2.45) is 0 Å². The zero-order valence-corrected chi connectivity index (χ0v) is 8.91. The molecule has 1 fully saturated rings. The number of nitrogens with zero attached hydrogens (tertiary/aromatic N) is 1. The smallest absolute Gasteiger partial charge is 0.125 e. The van der Waals surface area contributed by atoms with Crippen molar-refractivity contribution < 1.29 is 9.50 Å². The van der Waals surface area contributed by atoms with Gasteiger partial charge in [-0.05, 0) is 31.9 Å². The normalized spacial score (nSPS) is 26.7. The zero-order chi connectivity index (χ0) is 10.9. The maximum absolute atomic E-state index is 13.8. The lowest BCUT2D eigenvalue weighted by Gasteiger charge is -2.36. The van der Waals surface area contributed by atoms with E-state index in [2.05, 4.69) is 0 Å². The number of phenolic OH excluding ortho intramolecular Hbond substituents is 1. The van der Waals surface area contributed by atoms with Crippen molar-refractivity contribution in [3.63, 3.8) is 0 Å². The average Bonchev–Trinajstić information content (AvgIpc) is 2.16. The van der Waals surface area contributed by atoms with Crippen LogP contribution in [0.5, 0.6) is 5.75 Å². The lowest BCUT2D eigenvalue weighted by atomic mass is 9.96. The largest absolute Gasteiger partial charge is 0.508 e. The van der Waals surface area contributed by atoms with E-state index in [1.165, 1.54) is 0 Å². The van der Waals surface area contributed by atoms with Gasteiger partial charge < -0.3 is 10.0 Å². The van der Waals surface area contributed by atoms with Crippen molar-refractivity contribution in [3.8, 4) is 5.75 Å². The monoisotopic (exact) mass is 209 g/mol. The first kappa shape index (κ1) is 10.3. The van der Waals surface area contributed by atoms with Crippen molar-refractivity contribution >= 4 is 5.69 Å². The molecule has 0 aromatic heterocycles. The fourth-order valence-corrected chi connectivity index (χ4v) is 2.10. The minimum atomic E-state index is -1.11. The van der Waals surface area contributed by atoms with Crippen LogP contribution in [0.15, 0.2) is 24.3 Å². The molecule has 0 aliphatic carbocycles. The molecule has 15 heavy (non-hydrogen) atoms. The van der Waals surface area contributed by atoms with Gasteiger partial charge in [0, 0.05) is 18.3 Å². The molecule has 0 radical (unpaired) electrons. The molecule has 0 bridgehead atoms. The topological polar surface area (TPSA) is 23.5 Å². The van der Waals surface area contributed by atoms with E-state index < -0.39 is 5.67 Å². The molecule has 1 aromatic rings. The highest BCUT2D eigenvalue weighted by Gasteiger charge is 2.30. The summed E-state index contributed by atoms with van der Waals surface area (Å²) in [5.74, 6) is 0.235. The minimum Gasteiger partial charge on any atom is -0.508 e. The molecule has 0 saturated carbocycles. The van der Waals surface area contributed by atoms with Crippen molar-refractivity contribution in [1.82, 2.24) is 0 Å². The third-order valence-electron chi connectivity index (χ3n) is 2.84. The number of aromatic hydroxyl groups is 1. The van der Waals surface area contributed by atoms with Gasteiger partial charge in [0.25, 0.3) is 0 Å². The van der Waals surface area contributed by atoms with Crippen molar-refractivity contribution in [3.05, 3.63) is 24.3 Å². The van der Waals surface area contributed by atoms with Gasteiger partial charge in [0.15, 0.2) is 0 Å². The third-order valence-corrected chi connectivity index (χ3v) is 2.84. The van der Waals surface area contributed by atoms with Gasteiger partial charge in [0.2, 0.25) is 0 Å². The Morgan fingerprint density at radius 2 is 2.27 bits per heavy atom. The molecule has 1 aliphatic heterocycles. The summed E-state index contributed by atoms with van der Waals surface area (Å²) in [6.45, 7) is 2.92. The molecule has 2 nitrogen and oxygen atoms in total. The second-order valence-corrected chi connectivity index (χ2v) is 4.46. The molecule has 0 amide bonds. The van der Waals surface area contributed by atoms with Crippen molar-refractivity contribution in [1.29, 1.82) is 0 Å². The fraction of sp³-hybridized carbons (Fsp3) is 0.500. The number of hydrogen-bond acceptors (Lipinski definition) is 2. The predicted molar refractivity (Wildman–Crippen MR) is 59.1 cm³/mol. The van der Waals surface area contributed by atoms with E-state index in [0.29, 0.717) is 13.0 Å². The Hall–Kier alpha value is -1.25. The van der Waals surface area contributed by atoms with E-state index >= 15 is 0 Å². The fourth-order valence-electron chi connectivity index (χ4n) is 2.10. The SMILES string of the molecule is CC1(F)CCCN(c2cccc(O)c2)C1. The number of halogens is 1. The van der Waals surface area contributed by atoms with E-state index in [1.54, 1.807) is 25.1 Å². The van der Waals surface area contributed by atoms with Gasteiger partial charge >= 0.3 is 0 Å².